The van der Waals surface area contributed by atoms with E-state index in [4.69, 9.17) is 0 Å². The van der Waals surface area contributed by atoms with Gasteiger partial charge in [0.1, 0.15) is 0 Å². The van der Waals surface area contributed by atoms with Crippen LogP contribution in [-0.4, -0.2) is 6.08 Å². The topological polar surface area (TPSA) is 38.7 Å². The van der Waals surface area contributed by atoms with Crippen LogP contribution in [0, 0.1) is 17.5 Å². The van der Waals surface area contributed by atoms with Gasteiger partial charge in [-0.15, -0.1) is 0 Å². The highest BCUT2D eigenvalue weighted by molar-refractivity contribution is 5.51. The van der Waals surface area contributed by atoms with Crippen LogP contribution in [0.4, 0.5) is 32.0 Å². The van der Waals surface area contributed by atoms with Crippen molar-refractivity contribution in [3.05, 3.63) is 53.3 Å². The Morgan fingerprint density at radius 1 is 0.957 bits per heavy atom. The molecule has 23 heavy (non-hydrogen) atoms. The van der Waals surface area contributed by atoms with E-state index in [0.717, 1.165) is 24.3 Å². The van der Waals surface area contributed by atoms with E-state index < -0.39 is 40.7 Å². The van der Waals surface area contributed by atoms with Gasteiger partial charge in [0.2, 0.25) is 6.08 Å². The van der Waals surface area contributed by atoms with E-state index in [2.05, 4.69) is 9.73 Å². The van der Waals surface area contributed by atoms with Crippen molar-refractivity contribution in [3.8, 4) is 11.5 Å². The van der Waals surface area contributed by atoms with Gasteiger partial charge >= 0.3 is 6.18 Å². The first kappa shape index (κ1) is 16.6. The molecule has 2 aromatic carbocycles. The number of isocyanates is 1. The number of rotatable bonds is 3. The van der Waals surface area contributed by atoms with E-state index in [1.807, 2.05) is 0 Å². The molecule has 2 aromatic rings. The third-order valence-electron chi connectivity index (χ3n) is 2.63. The maximum absolute atomic E-state index is 13.7. The highest BCUT2D eigenvalue weighted by atomic mass is 19.4. The lowest BCUT2D eigenvalue weighted by atomic mass is 10.2. The van der Waals surface area contributed by atoms with E-state index in [9.17, 15) is 31.1 Å². The second kappa shape index (κ2) is 6.13. The van der Waals surface area contributed by atoms with Crippen LogP contribution in [-0.2, 0) is 11.0 Å². The lowest BCUT2D eigenvalue weighted by Crippen LogP contribution is -2.07. The highest BCUT2D eigenvalue weighted by Crippen LogP contribution is 2.36. The number of aliphatic imine (C=N–C) groups is 1. The van der Waals surface area contributed by atoms with E-state index in [1.165, 1.54) is 0 Å². The number of alkyl halides is 3. The summed E-state index contributed by atoms with van der Waals surface area (Å²) in [5, 5.41) is 0. The smallest absolute Gasteiger partial charge is 0.416 e. The van der Waals surface area contributed by atoms with Gasteiger partial charge in [-0.2, -0.15) is 18.2 Å². The molecule has 0 aliphatic rings. The summed E-state index contributed by atoms with van der Waals surface area (Å²) in [5.41, 5.74) is -1.67. The van der Waals surface area contributed by atoms with Crippen molar-refractivity contribution < 1.29 is 35.9 Å². The minimum Gasteiger partial charge on any atom is -0.448 e. The fourth-order valence-corrected chi connectivity index (χ4v) is 1.63. The second-order valence-corrected chi connectivity index (χ2v) is 4.19. The molecule has 3 nitrogen and oxygen atoms in total. The minimum absolute atomic E-state index is 0.0291. The molecular formula is C14H5F6NO2. The van der Waals surface area contributed by atoms with Crippen molar-refractivity contribution >= 4 is 11.8 Å². The lowest BCUT2D eigenvalue weighted by Gasteiger charge is -2.12. The average Bonchev–Trinajstić information content (AvgIpc) is 2.44. The summed E-state index contributed by atoms with van der Waals surface area (Å²) >= 11 is 0. The molecule has 0 saturated heterocycles. The predicted molar refractivity (Wildman–Crippen MR) is 65.6 cm³/mol. The first-order valence-corrected chi connectivity index (χ1v) is 5.84. The summed E-state index contributed by atoms with van der Waals surface area (Å²) in [5.74, 6) is -6.27. The second-order valence-electron chi connectivity index (χ2n) is 4.19. The summed E-state index contributed by atoms with van der Waals surface area (Å²) in [6.07, 6.45) is -3.78. The van der Waals surface area contributed by atoms with Gasteiger partial charge in [-0.3, -0.25) is 0 Å². The van der Waals surface area contributed by atoms with Crippen molar-refractivity contribution in [2.24, 2.45) is 4.99 Å². The Hall–Kier alpha value is -2.80. The van der Waals surface area contributed by atoms with Gasteiger partial charge in [-0.1, -0.05) is 0 Å². The van der Waals surface area contributed by atoms with Crippen LogP contribution >= 0.6 is 0 Å². The van der Waals surface area contributed by atoms with Crippen molar-refractivity contribution in [3.63, 3.8) is 0 Å². The Bertz CT molecular complexity index is 773. The molecule has 0 aromatic heterocycles. The summed E-state index contributed by atoms with van der Waals surface area (Å²) in [6, 6.07) is 2.77. The van der Waals surface area contributed by atoms with Crippen molar-refractivity contribution in [1.82, 2.24) is 0 Å². The Labute approximate surface area is 124 Å². The molecular weight excluding hydrogens is 328 g/mol. The standard InChI is InChI=1S/C14H5F6NO2/c15-9-5-8(21-6-22)1-2-12(9)23-13-10(16)3-7(4-11(13)17)14(18,19)20/h1-5H. The Balaban J connectivity index is 2.39. The van der Waals surface area contributed by atoms with E-state index in [-0.39, 0.29) is 17.8 Å². The zero-order chi connectivity index (χ0) is 17.2. The summed E-state index contributed by atoms with van der Waals surface area (Å²) in [4.78, 5) is 13.1. The number of benzene rings is 2. The molecule has 120 valence electrons. The molecule has 0 radical (unpaired) electrons. The minimum atomic E-state index is -4.94. The fraction of sp³-hybridized carbons (Fsp3) is 0.0714. The fourth-order valence-electron chi connectivity index (χ4n) is 1.63. The molecule has 0 amide bonds. The number of ether oxygens (including phenoxy) is 1. The normalized spacial score (nSPS) is 11.0. The average molecular weight is 333 g/mol. The van der Waals surface area contributed by atoms with Crippen molar-refractivity contribution in [2.45, 2.75) is 6.18 Å². The first-order valence-electron chi connectivity index (χ1n) is 5.84. The maximum Gasteiger partial charge on any atom is 0.416 e. The SMILES string of the molecule is O=C=Nc1ccc(Oc2c(F)cc(C(F)(F)F)cc2F)c(F)c1. The largest absolute Gasteiger partial charge is 0.448 e. The van der Waals surface area contributed by atoms with Gasteiger partial charge < -0.3 is 4.74 Å². The molecule has 0 bridgehead atoms. The van der Waals surface area contributed by atoms with Crippen LogP contribution in [0.5, 0.6) is 11.5 Å². The third-order valence-corrected chi connectivity index (χ3v) is 2.63. The first-order chi connectivity index (χ1) is 10.7. The number of carbonyl (C=O) groups excluding carboxylic acids is 1. The number of nitrogens with zero attached hydrogens (tertiary/aromatic N) is 1. The predicted octanol–water partition coefficient (Wildman–Crippen LogP) is 4.88. The summed E-state index contributed by atoms with van der Waals surface area (Å²) < 4.78 is 82.7. The van der Waals surface area contributed by atoms with Crippen LogP contribution in [0.2, 0.25) is 0 Å². The summed E-state index contributed by atoms with van der Waals surface area (Å²) in [7, 11) is 0. The summed E-state index contributed by atoms with van der Waals surface area (Å²) in [6.45, 7) is 0. The molecule has 0 aliphatic carbocycles. The molecule has 0 atom stereocenters. The Kier molecular flexibility index (Phi) is 4.42. The van der Waals surface area contributed by atoms with Crippen LogP contribution in [0.3, 0.4) is 0 Å². The highest BCUT2D eigenvalue weighted by Gasteiger charge is 2.33. The lowest BCUT2D eigenvalue weighted by molar-refractivity contribution is -0.138. The molecule has 0 aliphatic heterocycles. The molecule has 2 rings (SSSR count). The van der Waals surface area contributed by atoms with Gasteiger partial charge in [0.25, 0.3) is 0 Å². The van der Waals surface area contributed by atoms with E-state index >= 15 is 0 Å². The number of hydrogen-bond donors (Lipinski definition) is 0. The third kappa shape index (κ3) is 3.70. The van der Waals surface area contributed by atoms with E-state index in [1.54, 1.807) is 0 Å². The molecule has 9 heteroatoms. The van der Waals surface area contributed by atoms with Gasteiger partial charge in [0.15, 0.2) is 29.0 Å². The van der Waals surface area contributed by atoms with Crippen LogP contribution in [0.25, 0.3) is 0 Å². The Morgan fingerprint density at radius 2 is 1.57 bits per heavy atom. The van der Waals surface area contributed by atoms with E-state index in [0.29, 0.717) is 0 Å². The van der Waals surface area contributed by atoms with Gasteiger partial charge in [-0.25, -0.2) is 18.0 Å². The zero-order valence-corrected chi connectivity index (χ0v) is 10.9. The molecule has 0 fully saturated rings. The molecule has 0 heterocycles. The van der Waals surface area contributed by atoms with Gasteiger partial charge in [-0.05, 0) is 24.3 Å². The number of hydrogen-bond acceptors (Lipinski definition) is 3. The van der Waals surface area contributed by atoms with Crippen LogP contribution in [0.1, 0.15) is 5.56 Å². The Morgan fingerprint density at radius 3 is 2.04 bits per heavy atom. The molecule has 0 N–H and O–H groups in total. The van der Waals surface area contributed by atoms with Gasteiger partial charge in [0.05, 0.1) is 11.3 Å². The van der Waals surface area contributed by atoms with Crippen LogP contribution in [0.15, 0.2) is 35.3 Å². The van der Waals surface area contributed by atoms with Crippen molar-refractivity contribution in [1.29, 1.82) is 0 Å². The number of halogens is 6. The molecule has 0 unspecified atom stereocenters. The molecule has 0 saturated carbocycles. The zero-order valence-electron chi connectivity index (χ0n) is 10.9. The van der Waals surface area contributed by atoms with Crippen molar-refractivity contribution in [2.75, 3.05) is 0 Å². The molecule has 0 spiro atoms. The quantitative estimate of drug-likeness (QED) is 0.456. The monoisotopic (exact) mass is 333 g/mol. The van der Waals surface area contributed by atoms with Crippen LogP contribution < -0.4 is 4.74 Å². The maximum atomic E-state index is 13.7. The van der Waals surface area contributed by atoms with Gasteiger partial charge in [0, 0.05) is 6.07 Å².